The summed E-state index contributed by atoms with van der Waals surface area (Å²) < 4.78 is 57.4. The van der Waals surface area contributed by atoms with Gasteiger partial charge in [0.1, 0.15) is 22.9 Å². The Bertz CT molecular complexity index is 1520. The van der Waals surface area contributed by atoms with Crippen molar-refractivity contribution in [2.45, 2.75) is 18.1 Å². The van der Waals surface area contributed by atoms with Gasteiger partial charge >= 0.3 is 0 Å². The van der Waals surface area contributed by atoms with Crippen molar-refractivity contribution in [2.24, 2.45) is 7.05 Å². The summed E-state index contributed by atoms with van der Waals surface area (Å²) in [6.07, 6.45) is 4.85. The molecule has 0 spiro atoms. The number of rotatable bonds is 8. The topological polar surface area (TPSA) is 142 Å². The zero-order valence-electron chi connectivity index (χ0n) is 20.9. The fraction of sp³-hybridized carbons (Fsp3) is 0.348. The molecule has 0 bridgehead atoms. The highest BCUT2D eigenvalue weighted by molar-refractivity contribution is 7.93. The predicted octanol–water partition coefficient (Wildman–Crippen LogP) is 2.02. The number of para-hydroxylation sites is 1. The van der Waals surface area contributed by atoms with Gasteiger partial charge in [0.2, 0.25) is 21.9 Å². The van der Waals surface area contributed by atoms with Gasteiger partial charge in [0.15, 0.2) is 11.6 Å². The smallest absolute Gasteiger partial charge is 0.243 e. The lowest BCUT2D eigenvalue weighted by Gasteiger charge is -2.32. The van der Waals surface area contributed by atoms with Gasteiger partial charge in [-0.05, 0) is 31.0 Å². The lowest BCUT2D eigenvalue weighted by molar-refractivity contribution is 0.391. The highest BCUT2D eigenvalue weighted by Gasteiger charge is 2.34. The van der Waals surface area contributed by atoms with Crippen molar-refractivity contribution < 1.29 is 22.3 Å². The van der Waals surface area contributed by atoms with Gasteiger partial charge in [-0.3, -0.25) is 14.0 Å². The molecule has 4 aromatic rings. The number of anilines is 2. The largest absolute Gasteiger partial charge is 0.494 e. The minimum absolute atomic E-state index is 0.0522. The first-order chi connectivity index (χ1) is 18.3. The van der Waals surface area contributed by atoms with Crippen LogP contribution < -0.4 is 19.1 Å². The van der Waals surface area contributed by atoms with Crippen LogP contribution in [0.2, 0.25) is 0 Å². The molecule has 1 saturated heterocycles. The van der Waals surface area contributed by atoms with E-state index in [0.29, 0.717) is 42.3 Å². The van der Waals surface area contributed by atoms with E-state index in [-0.39, 0.29) is 24.3 Å². The summed E-state index contributed by atoms with van der Waals surface area (Å²) in [6.45, 7) is 0.677. The molecule has 0 saturated carbocycles. The van der Waals surface area contributed by atoms with Crippen LogP contribution in [0.3, 0.4) is 0 Å². The monoisotopic (exact) mass is 543 g/mol. The molecule has 0 unspecified atom stereocenters. The van der Waals surface area contributed by atoms with Crippen molar-refractivity contribution in [2.75, 3.05) is 36.9 Å². The van der Waals surface area contributed by atoms with Crippen molar-refractivity contribution in [3.8, 4) is 28.7 Å². The van der Waals surface area contributed by atoms with E-state index in [9.17, 15) is 12.8 Å². The second kappa shape index (κ2) is 10.2. The number of aromatic nitrogens is 7. The van der Waals surface area contributed by atoms with Crippen LogP contribution in [0, 0.1) is 5.82 Å². The number of halogens is 1. The Kier molecular flexibility index (Phi) is 6.84. The second-order valence-corrected chi connectivity index (χ2v) is 10.6. The maximum atomic E-state index is 13.6. The molecule has 0 amide bonds. The molecule has 1 fully saturated rings. The summed E-state index contributed by atoms with van der Waals surface area (Å²) in [5.74, 6) is 0.773. The Morgan fingerprint density at radius 2 is 1.79 bits per heavy atom. The molecular formula is C23H26FN9O4S. The van der Waals surface area contributed by atoms with E-state index in [1.54, 1.807) is 47.1 Å². The Morgan fingerprint density at radius 3 is 2.42 bits per heavy atom. The highest BCUT2D eigenvalue weighted by Crippen LogP contribution is 2.37. The molecule has 4 heterocycles. The first kappa shape index (κ1) is 25.4. The van der Waals surface area contributed by atoms with E-state index in [1.165, 1.54) is 18.8 Å². The van der Waals surface area contributed by atoms with Gasteiger partial charge in [-0.15, -0.1) is 10.2 Å². The van der Waals surface area contributed by atoms with Crippen molar-refractivity contribution in [1.82, 2.24) is 34.5 Å². The van der Waals surface area contributed by atoms with Crippen LogP contribution in [0.25, 0.3) is 17.2 Å². The Balaban J connectivity index is 1.54. The number of piperidine rings is 1. The second-order valence-electron chi connectivity index (χ2n) is 8.63. The van der Waals surface area contributed by atoms with Gasteiger partial charge in [-0.25, -0.2) is 22.8 Å². The fourth-order valence-corrected chi connectivity index (χ4v) is 5.77. The summed E-state index contributed by atoms with van der Waals surface area (Å²) in [5, 5.41) is 12.0. The number of nitrogens with one attached hydrogen (secondary N) is 1. The molecule has 200 valence electrons. The van der Waals surface area contributed by atoms with E-state index in [1.807, 2.05) is 0 Å². The normalized spacial score (nSPS) is 15.9. The van der Waals surface area contributed by atoms with Crippen molar-refractivity contribution in [3.63, 3.8) is 0 Å². The standard InChI is InChI=1S/C23H26FN9O4S/c1-31-11-9-17(29-31)21-27-28-23(33(21)20-18(36-2)7-4-8-19(20)37-3)30-38(34,35)16-6-5-10-32(14-16)22-25-12-15(24)13-26-22/h4,7-9,11-13,16H,5-6,10,14H2,1-3H3,(H,28,30)/t16-/m0/s1. The molecule has 0 aliphatic carbocycles. The van der Waals surface area contributed by atoms with Gasteiger partial charge in [0, 0.05) is 26.3 Å². The van der Waals surface area contributed by atoms with Gasteiger partial charge in [-0.1, -0.05) is 6.07 Å². The number of hydrogen-bond donors (Lipinski definition) is 1. The molecule has 3 aromatic heterocycles. The van der Waals surface area contributed by atoms with E-state index in [0.717, 1.165) is 12.4 Å². The Labute approximate surface area is 218 Å². The minimum Gasteiger partial charge on any atom is -0.494 e. The van der Waals surface area contributed by atoms with Gasteiger partial charge in [0.05, 0.1) is 31.9 Å². The fourth-order valence-electron chi connectivity index (χ4n) is 4.37. The molecule has 1 N–H and O–H groups in total. The zero-order chi connectivity index (χ0) is 26.9. The first-order valence-electron chi connectivity index (χ1n) is 11.7. The third kappa shape index (κ3) is 4.83. The number of nitrogens with zero attached hydrogens (tertiary/aromatic N) is 8. The zero-order valence-corrected chi connectivity index (χ0v) is 21.8. The molecule has 1 atom stereocenters. The van der Waals surface area contributed by atoms with E-state index in [2.05, 4.69) is 30.0 Å². The number of hydrogen-bond acceptors (Lipinski definition) is 10. The number of sulfonamides is 1. The van der Waals surface area contributed by atoms with Crippen molar-refractivity contribution in [1.29, 1.82) is 0 Å². The van der Waals surface area contributed by atoms with E-state index < -0.39 is 21.1 Å². The van der Waals surface area contributed by atoms with Gasteiger partial charge in [-0.2, -0.15) is 5.10 Å². The molecule has 38 heavy (non-hydrogen) atoms. The highest BCUT2D eigenvalue weighted by atomic mass is 32.2. The molecule has 1 aliphatic rings. The number of ether oxygens (including phenoxy) is 2. The maximum Gasteiger partial charge on any atom is 0.243 e. The molecule has 13 nitrogen and oxygen atoms in total. The number of methoxy groups -OCH3 is 2. The molecule has 0 radical (unpaired) electrons. The number of aryl methyl sites for hydroxylation is 1. The Hall–Kier alpha value is -4.27. The van der Waals surface area contributed by atoms with Crippen LogP contribution >= 0.6 is 0 Å². The van der Waals surface area contributed by atoms with Crippen LogP contribution in [0.5, 0.6) is 11.5 Å². The van der Waals surface area contributed by atoms with Crippen molar-refractivity contribution >= 4 is 21.9 Å². The van der Waals surface area contributed by atoms with E-state index in [4.69, 9.17) is 9.47 Å². The summed E-state index contributed by atoms with van der Waals surface area (Å²) in [5.41, 5.74) is 0.876. The average Bonchev–Trinajstić information content (AvgIpc) is 3.54. The summed E-state index contributed by atoms with van der Waals surface area (Å²) in [6, 6.07) is 6.94. The minimum atomic E-state index is -3.97. The summed E-state index contributed by atoms with van der Waals surface area (Å²) >= 11 is 0. The van der Waals surface area contributed by atoms with Gasteiger partial charge < -0.3 is 14.4 Å². The first-order valence-corrected chi connectivity index (χ1v) is 13.3. The van der Waals surface area contributed by atoms with Gasteiger partial charge in [0.25, 0.3) is 0 Å². The molecule has 5 rings (SSSR count). The van der Waals surface area contributed by atoms with Crippen LogP contribution in [0.1, 0.15) is 12.8 Å². The van der Waals surface area contributed by atoms with Crippen LogP contribution in [0.4, 0.5) is 16.3 Å². The lowest BCUT2D eigenvalue weighted by atomic mass is 10.1. The number of benzene rings is 1. The molecular weight excluding hydrogens is 517 g/mol. The lowest BCUT2D eigenvalue weighted by Crippen LogP contribution is -2.45. The SMILES string of the molecule is COc1cccc(OC)c1-n1c(NS(=O)(=O)[C@H]2CCCN(c3ncc(F)cn3)C2)nnc1-c1ccn(C)n1. The van der Waals surface area contributed by atoms with Crippen LogP contribution in [-0.2, 0) is 17.1 Å². The van der Waals surface area contributed by atoms with Crippen LogP contribution in [-0.4, -0.2) is 75.5 Å². The summed E-state index contributed by atoms with van der Waals surface area (Å²) in [4.78, 5) is 9.71. The van der Waals surface area contributed by atoms with Crippen LogP contribution in [0.15, 0.2) is 42.9 Å². The molecule has 1 aliphatic heterocycles. The predicted molar refractivity (Wildman–Crippen MR) is 136 cm³/mol. The maximum absolute atomic E-state index is 13.6. The average molecular weight is 544 g/mol. The van der Waals surface area contributed by atoms with Crippen molar-refractivity contribution in [3.05, 3.63) is 48.7 Å². The van der Waals surface area contributed by atoms with E-state index >= 15 is 0 Å². The third-order valence-corrected chi connectivity index (χ3v) is 7.90. The quantitative estimate of drug-likeness (QED) is 0.351. The summed E-state index contributed by atoms with van der Waals surface area (Å²) in [7, 11) is 0.793. The molecule has 1 aromatic carbocycles. The third-order valence-electron chi connectivity index (χ3n) is 6.17. The Morgan fingerprint density at radius 1 is 1.08 bits per heavy atom. The molecule has 15 heteroatoms.